The van der Waals surface area contributed by atoms with Crippen molar-refractivity contribution < 1.29 is 5.11 Å². The van der Waals surface area contributed by atoms with Crippen molar-refractivity contribution in [1.29, 1.82) is 0 Å². The van der Waals surface area contributed by atoms with Gasteiger partial charge in [0.05, 0.1) is 6.61 Å². The van der Waals surface area contributed by atoms with Gasteiger partial charge in [0.1, 0.15) is 4.64 Å². The second-order valence-corrected chi connectivity index (χ2v) is 2.56. The van der Waals surface area contributed by atoms with E-state index >= 15 is 0 Å². The molecular formula is C7H9NOS. The van der Waals surface area contributed by atoms with E-state index in [1.807, 2.05) is 19.3 Å². The SMILES string of the molecule is Cn1cc(CO)ccc1=S. The van der Waals surface area contributed by atoms with Crippen molar-refractivity contribution in [2.75, 3.05) is 0 Å². The third-order valence-electron chi connectivity index (χ3n) is 1.33. The van der Waals surface area contributed by atoms with E-state index in [0.717, 1.165) is 10.2 Å². The zero-order valence-corrected chi connectivity index (χ0v) is 6.56. The van der Waals surface area contributed by atoms with Gasteiger partial charge in [-0.25, -0.2) is 0 Å². The van der Waals surface area contributed by atoms with E-state index in [4.69, 9.17) is 17.3 Å². The molecule has 3 heteroatoms. The molecule has 0 bridgehead atoms. The number of hydrogen-bond acceptors (Lipinski definition) is 2. The number of rotatable bonds is 1. The van der Waals surface area contributed by atoms with Crippen LogP contribution in [0.2, 0.25) is 0 Å². The summed E-state index contributed by atoms with van der Waals surface area (Å²) in [7, 11) is 1.86. The minimum absolute atomic E-state index is 0.0729. The molecule has 0 spiro atoms. The molecule has 1 heterocycles. The van der Waals surface area contributed by atoms with E-state index in [0.29, 0.717) is 0 Å². The van der Waals surface area contributed by atoms with Crippen molar-refractivity contribution in [2.24, 2.45) is 7.05 Å². The number of nitrogens with zero attached hydrogens (tertiary/aromatic N) is 1. The monoisotopic (exact) mass is 155 g/mol. The molecule has 0 radical (unpaired) electrons. The van der Waals surface area contributed by atoms with Crippen LogP contribution < -0.4 is 0 Å². The lowest BCUT2D eigenvalue weighted by atomic mass is 10.3. The average molecular weight is 155 g/mol. The fourth-order valence-electron chi connectivity index (χ4n) is 0.745. The number of pyridine rings is 1. The maximum Gasteiger partial charge on any atom is 0.105 e. The van der Waals surface area contributed by atoms with Gasteiger partial charge in [-0.05, 0) is 11.6 Å². The molecule has 0 aliphatic heterocycles. The Labute approximate surface area is 64.7 Å². The molecule has 0 aliphatic rings. The number of aromatic nitrogens is 1. The fraction of sp³-hybridized carbons (Fsp3) is 0.286. The van der Waals surface area contributed by atoms with Gasteiger partial charge in [0.25, 0.3) is 0 Å². The van der Waals surface area contributed by atoms with Gasteiger partial charge in [0, 0.05) is 13.2 Å². The Morgan fingerprint density at radius 2 is 2.30 bits per heavy atom. The second-order valence-electron chi connectivity index (χ2n) is 2.14. The first-order chi connectivity index (χ1) is 4.74. The van der Waals surface area contributed by atoms with Crippen LogP contribution in [0.5, 0.6) is 0 Å². The van der Waals surface area contributed by atoms with E-state index < -0.39 is 0 Å². The molecule has 10 heavy (non-hydrogen) atoms. The van der Waals surface area contributed by atoms with Crippen molar-refractivity contribution >= 4 is 12.2 Å². The molecule has 0 aromatic carbocycles. The van der Waals surface area contributed by atoms with E-state index in [-0.39, 0.29) is 6.61 Å². The zero-order chi connectivity index (χ0) is 7.56. The van der Waals surface area contributed by atoms with Crippen LogP contribution in [-0.2, 0) is 13.7 Å². The fourth-order valence-corrected chi connectivity index (χ4v) is 0.866. The molecular weight excluding hydrogens is 146 g/mol. The van der Waals surface area contributed by atoms with Crippen LogP contribution in [0.15, 0.2) is 18.3 Å². The molecule has 0 amide bonds. The lowest BCUT2D eigenvalue weighted by Crippen LogP contribution is -1.94. The van der Waals surface area contributed by atoms with Gasteiger partial charge in [-0.2, -0.15) is 0 Å². The summed E-state index contributed by atoms with van der Waals surface area (Å²) in [6.45, 7) is 0.0729. The molecule has 0 aliphatic carbocycles. The minimum atomic E-state index is 0.0729. The van der Waals surface area contributed by atoms with Crippen molar-refractivity contribution in [1.82, 2.24) is 4.57 Å². The van der Waals surface area contributed by atoms with Crippen molar-refractivity contribution in [2.45, 2.75) is 6.61 Å². The normalized spacial score (nSPS) is 9.80. The molecule has 2 nitrogen and oxygen atoms in total. The number of hydrogen-bond donors (Lipinski definition) is 1. The van der Waals surface area contributed by atoms with Gasteiger partial charge < -0.3 is 9.67 Å². The molecule has 0 fully saturated rings. The molecule has 54 valence electrons. The average Bonchev–Trinajstić information content (AvgIpc) is 1.95. The molecule has 1 aromatic heterocycles. The first-order valence-corrected chi connectivity index (χ1v) is 3.41. The Kier molecular flexibility index (Phi) is 2.19. The van der Waals surface area contributed by atoms with Crippen LogP contribution in [0.4, 0.5) is 0 Å². The Bertz CT molecular complexity index is 279. The van der Waals surface area contributed by atoms with Gasteiger partial charge in [-0.15, -0.1) is 0 Å². The summed E-state index contributed by atoms with van der Waals surface area (Å²) in [5, 5.41) is 8.71. The maximum absolute atomic E-state index is 8.71. The molecule has 0 atom stereocenters. The van der Waals surface area contributed by atoms with Crippen LogP contribution in [0.3, 0.4) is 0 Å². The topological polar surface area (TPSA) is 25.2 Å². The van der Waals surface area contributed by atoms with E-state index in [2.05, 4.69) is 0 Å². The summed E-state index contributed by atoms with van der Waals surface area (Å²) in [5.74, 6) is 0. The van der Waals surface area contributed by atoms with Crippen LogP contribution in [-0.4, -0.2) is 9.67 Å². The summed E-state index contributed by atoms with van der Waals surface area (Å²) in [5.41, 5.74) is 0.885. The van der Waals surface area contributed by atoms with Crippen molar-refractivity contribution in [3.05, 3.63) is 28.5 Å². The van der Waals surface area contributed by atoms with Crippen LogP contribution in [0.1, 0.15) is 5.56 Å². The lowest BCUT2D eigenvalue weighted by Gasteiger charge is -1.99. The highest BCUT2D eigenvalue weighted by atomic mass is 32.1. The Morgan fingerprint density at radius 3 is 2.80 bits per heavy atom. The van der Waals surface area contributed by atoms with Gasteiger partial charge in [-0.1, -0.05) is 18.3 Å². The molecule has 0 saturated carbocycles. The number of aliphatic hydroxyl groups excluding tert-OH is 1. The summed E-state index contributed by atoms with van der Waals surface area (Å²) >= 11 is 4.94. The van der Waals surface area contributed by atoms with Crippen molar-refractivity contribution in [3.63, 3.8) is 0 Å². The smallest absolute Gasteiger partial charge is 0.105 e. The summed E-state index contributed by atoms with van der Waals surface area (Å²) in [4.78, 5) is 0. The third-order valence-corrected chi connectivity index (χ3v) is 1.75. The van der Waals surface area contributed by atoms with Gasteiger partial charge in [-0.3, -0.25) is 0 Å². The van der Waals surface area contributed by atoms with Crippen LogP contribution in [0, 0.1) is 4.64 Å². The first kappa shape index (κ1) is 7.44. The molecule has 1 rings (SSSR count). The highest BCUT2D eigenvalue weighted by Crippen LogP contribution is 1.98. The first-order valence-electron chi connectivity index (χ1n) is 3.00. The minimum Gasteiger partial charge on any atom is -0.392 e. The van der Waals surface area contributed by atoms with Crippen LogP contribution in [0.25, 0.3) is 0 Å². The van der Waals surface area contributed by atoms with Crippen LogP contribution >= 0.6 is 12.2 Å². The van der Waals surface area contributed by atoms with Gasteiger partial charge >= 0.3 is 0 Å². The zero-order valence-electron chi connectivity index (χ0n) is 5.74. The van der Waals surface area contributed by atoms with E-state index in [1.54, 1.807) is 10.6 Å². The lowest BCUT2D eigenvalue weighted by molar-refractivity contribution is 0.281. The Hall–Kier alpha value is -0.670. The molecule has 1 N–H and O–H groups in total. The number of aryl methyl sites for hydroxylation is 1. The Morgan fingerprint density at radius 1 is 1.60 bits per heavy atom. The third kappa shape index (κ3) is 1.43. The van der Waals surface area contributed by atoms with E-state index in [9.17, 15) is 0 Å². The Balaban J connectivity index is 3.17. The highest BCUT2D eigenvalue weighted by Gasteiger charge is 1.88. The summed E-state index contributed by atoms with van der Waals surface area (Å²) in [6, 6.07) is 3.63. The quantitative estimate of drug-likeness (QED) is 0.617. The molecule has 1 aromatic rings. The summed E-state index contributed by atoms with van der Waals surface area (Å²) in [6.07, 6.45) is 1.82. The second kappa shape index (κ2) is 2.94. The van der Waals surface area contributed by atoms with E-state index in [1.165, 1.54) is 0 Å². The predicted molar refractivity (Wildman–Crippen MR) is 42.2 cm³/mol. The van der Waals surface area contributed by atoms with Crippen molar-refractivity contribution in [3.8, 4) is 0 Å². The summed E-state index contributed by atoms with van der Waals surface area (Å²) < 4.78 is 2.58. The molecule has 0 saturated heterocycles. The highest BCUT2D eigenvalue weighted by molar-refractivity contribution is 7.71. The predicted octanol–water partition coefficient (Wildman–Crippen LogP) is 1.25. The van der Waals surface area contributed by atoms with Gasteiger partial charge in [0.2, 0.25) is 0 Å². The largest absolute Gasteiger partial charge is 0.392 e. The maximum atomic E-state index is 8.71. The standard InChI is InChI=1S/C7H9NOS/c1-8-4-6(5-9)2-3-7(8)10/h2-4,9H,5H2,1H3. The molecule has 0 unspecified atom stereocenters. The van der Waals surface area contributed by atoms with Gasteiger partial charge in [0.15, 0.2) is 0 Å². The number of aliphatic hydroxyl groups is 1.